The number of ether oxygens (including phenoxy) is 1. The Morgan fingerprint density at radius 2 is 1.76 bits per heavy atom. The van der Waals surface area contributed by atoms with Gasteiger partial charge in [0, 0.05) is 30.9 Å². The number of carbonyl (C=O) groups excluding carboxylic acids is 1. The molecule has 2 aromatic carbocycles. The summed E-state index contributed by atoms with van der Waals surface area (Å²) in [6, 6.07) is 17.7. The maximum atomic E-state index is 14.1. The van der Waals surface area contributed by atoms with E-state index in [9.17, 15) is 17.6 Å². The monoisotopic (exact) mass is 469 g/mol. The molecule has 172 valence electrons. The van der Waals surface area contributed by atoms with Crippen molar-refractivity contribution in [2.24, 2.45) is 0 Å². The molecule has 1 amide bonds. The average molecular weight is 470 g/mol. The van der Waals surface area contributed by atoms with Gasteiger partial charge in [0.05, 0.1) is 12.0 Å². The van der Waals surface area contributed by atoms with Gasteiger partial charge >= 0.3 is 0 Å². The van der Waals surface area contributed by atoms with Crippen molar-refractivity contribution < 1.29 is 22.3 Å². The quantitative estimate of drug-likeness (QED) is 0.550. The van der Waals surface area contributed by atoms with Gasteiger partial charge in [-0.15, -0.1) is 0 Å². The van der Waals surface area contributed by atoms with E-state index in [1.807, 2.05) is 12.1 Å². The van der Waals surface area contributed by atoms with E-state index in [4.69, 9.17) is 4.74 Å². The number of carbonyl (C=O) groups is 1. The van der Waals surface area contributed by atoms with Crippen LogP contribution in [0.15, 0.2) is 77.8 Å². The molecule has 1 aromatic heterocycles. The average Bonchev–Trinajstić information content (AvgIpc) is 2.85. The Morgan fingerprint density at radius 3 is 2.36 bits per heavy atom. The largest absolute Gasteiger partial charge is 0.494 e. The molecule has 33 heavy (non-hydrogen) atoms. The molecule has 3 aromatic rings. The summed E-state index contributed by atoms with van der Waals surface area (Å²) < 4.78 is 46.4. The fourth-order valence-corrected chi connectivity index (χ4v) is 5.45. The first-order chi connectivity index (χ1) is 15.9. The fraction of sp³-hybridized carbons (Fsp3) is 0.250. The molecular formula is C24H24FN3O4S. The molecule has 0 aliphatic carbocycles. The molecule has 0 radical (unpaired) electrons. The highest BCUT2D eigenvalue weighted by Gasteiger charge is 2.35. The molecule has 0 saturated carbocycles. The van der Waals surface area contributed by atoms with Crippen LogP contribution in [0.2, 0.25) is 0 Å². The highest BCUT2D eigenvalue weighted by atomic mass is 32.2. The summed E-state index contributed by atoms with van der Waals surface area (Å²) in [5, 5.41) is 0. The number of sulfonamides is 1. The first kappa shape index (κ1) is 22.9. The third-order valence-electron chi connectivity index (χ3n) is 5.69. The third-order valence-corrected chi connectivity index (χ3v) is 7.58. The SMILES string of the molecule is COc1ccc(S(=O)(=O)N2CCC(N(C(=O)c3ccccc3)c3ccccn3)CC2)cc1F. The van der Waals surface area contributed by atoms with E-state index in [1.54, 1.807) is 47.5 Å². The summed E-state index contributed by atoms with van der Waals surface area (Å²) in [4.78, 5) is 19.2. The molecule has 0 spiro atoms. The number of anilines is 1. The number of piperidine rings is 1. The Morgan fingerprint density at radius 1 is 1.06 bits per heavy atom. The number of aromatic nitrogens is 1. The van der Waals surface area contributed by atoms with Crippen LogP contribution in [-0.4, -0.2) is 49.9 Å². The van der Waals surface area contributed by atoms with Gasteiger partial charge in [-0.25, -0.2) is 17.8 Å². The van der Waals surface area contributed by atoms with Crippen LogP contribution < -0.4 is 9.64 Å². The summed E-state index contributed by atoms with van der Waals surface area (Å²) in [7, 11) is -2.56. The lowest BCUT2D eigenvalue weighted by Gasteiger charge is -2.37. The van der Waals surface area contributed by atoms with E-state index in [0.29, 0.717) is 24.2 Å². The smallest absolute Gasteiger partial charge is 0.259 e. The van der Waals surface area contributed by atoms with E-state index in [0.717, 1.165) is 6.07 Å². The van der Waals surface area contributed by atoms with Crippen molar-refractivity contribution in [2.75, 3.05) is 25.1 Å². The molecule has 9 heteroatoms. The Labute approximate surface area is 192 Å². The van der Waals surface area contributed by atoms with Crippen molar-refractivity contribution >= 4 is 21.7 Å². The van der Waals surface area contributed by atoms with Crippen molar-refractivity contribution in [1.82, 2.24) is 9.29 Å². The van der Waals surface area contributed by atoms with E-state index < -0.39 is 15.8 Å². The van der Waals surface area contributed by atoms with Crippen molar-refractivity contribution in [3.63, 3.8) is 0 Å². The number of pyridine rings is 1. The summed E-state index contributed by atoms with van der Waals surface area (Å²) in [6.45, 7) is 0.401. The second-order valence-corrected chi connectivity index (χ2v) is 9.60. The molecule has 0 bridgehead atoms. The van der Waals surface area contributed by atoms with E-state index >= 15 is 0 Å². The zero-order valence-corrected chi connectivity index (χ0v) is 18.9. The molecular weight excluding hydrogens is 445 g/mol. The van der Waals surface area contributed by atoms with Crippen LogP contribution in [0.5, 0.6) is 5.75 Å². The number of rotatable bonds is 6. The molecule has 1 fully saturated rings. The number of nitrogens with zero attached hydrogens (tertiary/aromatic N) is 3. The number of benzene rings is 2. The maximum Gasteiger partial charge on any atom is 0.259 e. The lowest BCUT2D eigenvalue weighted by Crippen LogP contribution is -2.49. The van der Waals surface area contributed by atoms with Gasteiger partial charge in [-0.1, -0.05) is 24.3 Å². The molecule has 4 rings (SSSR count). The topological polar surface area (TPSA) is 79.8 Å². The van der Waals surface area contributed by atoms with Gasteiger partial charge in [0.1, 0.15) is 5.82 Å². The van der Waals surface area contributed by atoms with Crippen LogP contribution >= 0.6 is 0 Å². The first-order valence-electron chi connectivity index (χ1n) is 10.5. The number of halogens is 1. The predicted octanol–water partition coefficient (Wildman–Crippen LogP) is 3.73. The van der Waals surface area contributed by atoms with Gasteiger partial charge in [-0.05, 0) is 55.3 Å². The summed E-state index contributed by atoms with van der Waals surface area (Å²) in [6.07, 6.45) is 2.47. The minimum atomic E-state index is -3.88. The van der Waals surface area contributed by atoms with Crippen LogP contribution in [-0.2, 0) is 10.0 Å². The van der Waals surface area contributed by atoms with Crippen LogP contribution in [0.4, 0.5) is 10.2 Å². The van der Waals surface area contributed by atoms with E-state index in [1.165, 1.54) is 23.5 Å². The maximum absolute atomic E-state index is 14.1. The number of hydrogen-bond acceptors (Lipinski definition) is 5. The number of hydrogen-bond donors (Lipinski definition) is 0. The highest BCUT2D eigenvalue weighted by molar-refractivity contribution is 7.89. The standard InChI is InChI=1S/C24H24FN3O4S/c1-32-22-11-10-20(17-21(22)25)33(30,31)27-15-12-19(13-16-27)28(23-9-5-6-14-26-23)24(29)18-7-3-2-4-8-18/h2-11,14,17,19H,12-13,15-16H2,1H3. The molecule has 1 saturated heterocycles. The molecule has 2 heterocycles. The van der Waals surface area contributed by atoms with Crippen molar-refractivity contribution in [3.05, 3.63) is 84.3 Å². The Balaban J connectivity index is 1.55. The van der Waals surface area contributed by atoms with Crippen molar-refractivity contribution in [1.29, 1.82) is 0 Å². The van der Waals surface area contributed by atoms with Gasteiger partial charge in [0.15, 0.2) is 11.6 Å². The summed E-state index contributed by atoms with van der Waals surface area (Å²) in [5.41, 5.74) is 0.534. The molecule has 0 atom stereocenters. The Kier molecular flexibility index (Phi) is 6.71. The lowest BCUT2D eigenvalue weighted by molar-refractivity contribution is 0.0967. The van der Waals surface area contributed by atoms with Crippen molar-refractivity contribution in [2.45, 2.75) is 23.8 Å². The van der Waals surface area contributed by atoms with E-state index in [-0.39, 0.29) is 35.7 Å². The normalized spacial score (nSPS) is 15.2. The van der Waals surface area contributed by atoms with Crippen molar-refractivity contribution in [3.8, 4) is 5.75 Å². The van der Waals surface area contributed by atoms with E-state index in [2.05, 4.69) is 4.98 Å². The fourth-order valence-electron chi connectivity index (χ4n) is 3.97. The zero-order chi connectivity index (χ0) is 23.4. The number of methoxy groups -OCH3 is 1. The second kappa shape index (κ2) is 9.68. The van der Waals surface area contributed by atoms with Crippen LogP contribution in [0.1, 0.15) is 23.2 Å². The Hall–Kier alpha value is -3.30. The zero-order valence-electron chi connectivity index (χ0n) is 18.1. The minimum Gasteiger partial charge on any atom is -0.494 e. The van der Waals surface area contributed by atoms with Crippen LogP contribution in [0.3, 0.4) is 0 Å². The summed E-state index contributed by atoms with van der Waals surface area (Å²) in [5.74, 6) is -0.418. The van der Waals surface area contributed by atoms with Gasteiger partial charge in [0.2, 0.25) is 10.0 Å². The lowest BCUT2D eigenvalue weighted by atomic mass is 10.0. The Bertz CT molecular complexity index is 1210. The molecule has 7 nitrogen and oxygen atoms in total. The van der Waals surface area contributed by atoms with Crippen LogP contribution in [0.25, 0.3) is 0 Å². The highest BCUT2D eigenvalue weighted by Crippen LogP contribution is 2.29. The van der Waals surface area contributed by atoms with Gasteiger partial charge in [-0.2, -0.15) is 4.31 Å². The number of amides is 1. The predicted molar refractivity (Wildman–Crippen MR) is 122 cm³/mol. The molecule has 1 aliphatic rings. The van der Waals surface area contributed by atoms with Crippen LogP contribution in [0, 0.1) is 5.82 Å². The minimum absolute atomic E-state index is 0.0157. The third kappa shape index (κ3) is 4.74. The second-order valence-electron chi connectivity index (χ2n) is 7.66. The first-order valence-corrected chi connectivity index (χ1v) is 12.0. The molecule has 1 aliphatic heterocycles. The van der Waals surface area contributed by atoms with Gasteiger partial charge < -0.3 is 4.74 Å². The molecule has 0 unspecified atom stereocenters. The van der Waals surface area contributed by atoms with Gasteiger partial charge in [0.25, 0.3) is 5.91 Å². The molecule has 0 N–H and O–H groups in total. The summed E-state index contributed by atoms with van der Waals surface area (Å²) >= 11 is 0. The van der Waals surface area contributed by atoms with Gasteiger partial charge in [-0.3, -0.25) is 9.69 Å².